The van der Waals surface area contributed by atoms with Crippen molar-refractivity contribution in [3.63, 3.8) is 0 Å². The maximum atomic E-state index is 12.0. The van der Waals surface area contributed by atoms with Crippen molar-refractivity contribution in [2.24, 2.45) is 0 Å². The summed E-state index contributed by atoms with van der Waals surface area (Å²) in [5.74, 6) is 0. The molecule has 0 atom stereocenters. The van der Waals surface area contributed by atoms with Crippen molar-refractivity contribution >= 4 is 14.3 Å². The Morgan fingerprint density at radius 2 is 1.69 bits per heavy atom. The number of nitrogens with one attached hydrogen (secondary N) is 1. The standard InChI is InChI=1S/C11H26N2O2Si/c1-9(2)13(10(3)4)11(14)12-8-16(6,7)15-5/h9-10H,8H2,1-7H3,(H,12,14). The van der Waals surface area contributed by atoms with Crippen molar-refractivity contribution < 1.29 is 9.22 Å². The Morgan fingerprint density at radius 3 is 2.00 bits per heavy atom. The van der Waals surface area contributed by atoms with E-state index in [9.17, 15) is 4.79 Å². The van der Waals surface area contributed by atoms with Gasteiger partial charge in [0.15, 0.2) is 0 Å². The van der Waals surface area contributed by atoms with E-state index in [1.165, 1.54) is 0 Å². The van der Waals surface area contributed by atoms with Gasteiger partial charge in [0.05, 0.1) is 0 Å². The molecule has 5 heteroatoms. The number of hydrogen-bond donors (Lipinski definition) is 1. The van der Waals surface area contributed by atoms with Crippen LogP contribution in [0.25, 0.3) is 0 Å². The molecule has 0 aliphatic rings. The van der Waals surface area contributed by atoms with Gasteiger partial charge in [0, 0.05) is 25.4 Å². The highest BCUT2D eigenvalue weighted by molar-refractivity contribution is 6.71. The number of carbonyl (C=O) groups is 1. The molecule has 0 unspecified atom stereocenters. The number of urea groups is 1. The first kappa shape index (κ1) is 15.4. The first-order chi connectivity index (χ1) is 7.21. The lowest BCUT2D eigenvalue weighted by Gasteiger charge is -2.32. The molecule has 96 valence electrons. The quantitative estimate of drug-likeness (QED) is 0.756. The normalized spacial score (nSPS) is 12.1. The molecular formula is C11H26N2O2Si. The molecule has 2 amide bonds. The van der Waals surface area contributed by atoms with E-state index in [4.69, 9.17) is 4.43 Å². The van der Waals surface area contributed by atoms with Crippen LogP contribution >= 0.6 is 0 Å². The zero-order chi connectivity index (χ0) is 12.9. The molecule has 0 saturated carbocycles. The smallest absolute Gasteiger partial charge is 0.317 e. The summed E-state index contributed by atoms with van der Waals surface area (Å²) in [6.45, 7) is 12.3. The molecule has 0 aromatic rings. The Bertz CT molecular complexity index is 222. The van der Waals surface area contributed by atoms with Gasteiger partial charge in [-0.25, -0.2) is 4.79 Å². The Kier molecular flexibility index (Phi) is 6.03. The molecule has 0 bridgehead atoms. The summed E-state index contributed by atoms with van der Waals surface area (Å²) < 4.78 is 5.39. The van der Waals surface area contributed by atoms with Crippen molar-refractivity contribution in [2.75, 3.05) is 13.3 Å². The lowest BCUT2D eigenvalue weighted by atomic mass is 10.2. The van der Waals surface area contributed by atoms with Crippen LogP contribution < -0.4 is 5.32 Å². The van der Waals surface area contributed by atoms with Gasteiger partial charge in [-0.05, 0) is 40.8 Å². The van der Waals surface area contributed by atoms with E-state index in [1.54, 1.807) is 7.11 Å². The molecule has 0 aromatic carbocycles. The third-order valence-electron chi connectivity index (χ3n) is 2.57. The van der Waals surface area contributed by atoms with E-state index in [0.29, 0.717) is 6.17 Å². The average molecular weight is 246 g/mol. The minimum Gasteiger partial charge on any atom is -0.419 e. The SMILES string of the molecule is CO[Si](C)(C)CNC(=O)N(C(C)C)C(C)C. The lowest BCUT2D eigenvalue weighted by Crippen LogP contribution is -2.52. The predicted molar refractivity (Wildman–Crippen MR) is 70.0 cm³/mol. The summed E-state index contributed by atoms with van der Waals surface area (Å²) in [5, 5.41) is 2.96. The van der Waals surface area contributed by atoms with Crippen molar-refractivity contribution in [2.45, 2.75) is 52.9 Å². The first-order valence-electron chi connectivity index (χ1n) is 5.82. The predicted octanol–water partition coefficient (Wildman–Crippen LogP) is 2.21. The number of nitrogens with zero attached hydrogens (tertiary/aromatic N) is 1. The molecule has 16 heavy (non-hydrogen) atoms. The molecule has 0 heterocycles. The Labute approximate surface area is 100 Å². The molecule has 0 radical (unpaired) electrons. The van der Waals surface area contributed by atoms with E-state index in [2.05, 4.69) is 18.4 Å². The summed E-state index contributed by atoms with van der Waals surface area (Å²) in [6.07, 6.45) is 0.651. The van der Waals surface area contributed by atoms with Gasteiger partial charge in [-0.3, -0.25) is 0 Å². The minimum absolute atomic E-state index is 0.00243. The largest absolute Gasteiger partial charge is 0.419 e. The van der Waals surface area contributed by atoms with Crippen molar-refractivity contribution in [1.82, 2.24) is 10.2 Å². The molecule has 4 nitrogen and oxygen atoms in total. The summed E-state index contributed by atoms with van der Waals surface area (Å²) in [7, 11) is -0.00470. The highest BCUT2D eigenvalue weighted by Gasteiger charge is 2.25. The second-order valence-corrected chi connectivity index (χ2v) is 9.50. The molecule has 0 fully saturated rings. The third kappa shape index (κ3) is 4.98. The first-order valence-corrected chi connectivity index (χ1v) is 8.94. The number of carbonyl (C=O) groups excluding carboxylic acids is 1. The third-order valence-corrected chi connectivity index (χ3v) is 4.70. The molecule has 0 spiro atoms. The zero-order valence-electron chi connectivity index (χ0n) is 11.6. The van der Waals surface area contributed by atoms with Gasteiger partial charge in [-0.15, -0.1) is 0 Å². The molecule has 0 aliphatic heterocycles. The lowest BCUT2D eigenvalue weighted by molar-refractivity contribution is 0.166. The van der Waals surface area contributed by atoms with E-state index in [-0.39, 0.29) is 18.1 Å². The molecule has 0 saturated heterocycles. The maximum absolute atomic E-state index is 12.0. The Balaban J connectivity index is 4.33. The van der Waals surface area contributed by atoms with Gasteiger partial charge in [0.2, 0.25) is 8.32 Å². The van der Waals surface area contributed by atoms with Crippen LogP contribution in [0.1, 0.15) is 27.7 Å². The highest BCUT2D eigenvalue weighted by Crippen LogP contribution is 2.06. The summed E-state index contributed by atoms with van der Waals surface area (Å²) in [4.78, 5) is 13.8. The minimum atomic E-state index is -1.71. The van der Waals surface area contributed by atoms with Crippen LogP contribution in [0.5, 0.6) is 0 Å². The molecular weight excluding hydrogens is 220 g/mol. The molecule has 0 aromatic heterocycles. The fraction of sp³-hybridized carbons (Fsp3) is 0.909. The fourth-order valence-electron chi connectivity index (χ4n) is 1.52. The van der Waals surface area contributed by atoms with E-state index < -0.39 is 8.32 Å². The van der Waals surface area contributed by atoms with Gasteiger partial charge in [-0.1, -0.05) is 0 Å². The van der Waals surface area contributed by atoms with Gasteiger partial charge >= 0.3 is 6.03 Å². The fourth-order valence-corrected chi connectivity index (χ4v) is 2.24. The van der Waals surface area contributed by atoms with Crippen LogP contribution in [-0.4, -0.2) is 44.6 Å². The zero-order valence-corrected chi connectivity index (χ0v) is 12.6. The Morgan fingerprint density at radius 1 is 1.25 bits per heavy atom. The van der Waals surface area contributed by atoms with Crippen molar-refractivity contribution in [3.8, 4) is 0 Å². The van der Waals surface area contributed by atoms with E-state index in [1.807, 2.05) is 32.6 Å². The number of hydrogen-bond acceptors (Lipinski definition) is 2. The summed E-state index contributed by atoms with van der Waals surface area (Å²) >= 11 is 0. The van der Waals surface area contributed by atoms with Crippen LogP contribution in [0.4, 0.5) is 4.79 Å². The van der Waals surface area contributed by atoms with Gasteiger partial charge in [-0.2, -0.15) is 0 Å². The summed E-state index contributed by atoms with van der Waals surface area (Å²) in [6, 6.07) is 0.433. The van der Waals surface area contributed by atoms with E-state index in [0.717, 1.165) is 0 Å². The summed E-state index contributed by atoms with van der Waals surface area (Å²) in [5.41, 5.74) is 0. The second kappa shape index (κ2) is 6.25. The number of amides is 2. The molecule has 1 N–H and O–H groups in total. The van der Waals surface area contributed by atoms with Gasteiger partial charge in [0.25, 0.3) is 0 Å². The van der Waals surface area contributed by atoms with Crippen LogP contribution in [0.15, 0.2) is 0 Å². The van der Waals surface area contributed by atoms with Crippen LogP contribution in [0.2, 0.25) is 13.1 Å². The van der Waals surface area contributed by atoms with E-state index >= 15 is 0 Å². The highest BCUT2D eigenvalue weighted by atomic mass is 28.4. The molecule has 0 rings (SSSR count). The van der Waals surface area contributed by atoms with Crippen molar-refractivity contribution in [3.05, 3.63) is 0 Å². The maximum Gasteiger partial charge on any atom is 0.317 e. The molecule has 0 aliphatic carbocycles. The van der Waals surface area contributed by atoms with Crippen LogP contribution in [0, 0.1) is 0 Å². The topological polar surface area (TPSA) is 41.6 Å². The monoisotopic (exact) mass is 246 g/mol. The van der Waals surface area contributed by atoms with Crippen molar-refractivity contribution in [1.29, 1.82) is 0 Å². The number of rotatable bonds is 5. The average Bonchev–Trinajstić information content (AvgIpc) is 2.14. The van der Waals surface area contributed by atoms with Gasteiger partial charge in [0.1, 0.15) is 0 Å². The Hall–Kier alpha value is -0.553. The van der Waals surface area contributed by atoms with Crippen LogP contribution in [0.3, 0.4) is 0 Å². The van der Waals surface area contributed by atoms with Gasteiger partial charge < -0.3 is 14.6 Å². The second-order valence-electron chi connectivity index (χ2n) is 5.22. The van der Waals surface area contributed by atoms with Crippen LogP contribution in [-0.2, 0) is 4.43 Å².